The first-order valence-corrected chi connectivity index (χ1v) is 17.6. The van der Waals surface area contributed by atoms with Crippen molar-refractivity contribution in [3.05, 3.63) is 87.6 Å². The first-order chi connectivity index (χ1) is 23.8. The molecule has 1 saturated heterocycles. The summed E-state index contributed by atoms with van der Waals surface area (Å²) in [5.74, 6) is 0.829. The van der Waals surface area contributed by atoms with Crippen LogP contribution in [0.3, 0.4) is 0 Å². The number of carbonyl (C=O) groups is 2. The molecule has 254 valence electrons. The van der Waals surface area contributed by atoms with Gasteiger partial charge in [-0.25, -0.2) is 9.97 Å². The maximum absolute atomic E-state index is 12.7. The molecule has 0 unspecified atom stereocenters. The average molecular weight is 698 g/mol. The molecule has 10 nitrogen and oxygen atoms in total. The number of carbonyl (C=O) groups excluding carboxylic acids is 1. The van der Waals surface area contributed by atoms with Gasteiger partial charge in [0.15, 0.2) is 5.82 Å². The summed E-state index contributed by atoms with van der Waals surface area (Å²) in [7, 11) is 1.97. The third-order valence-electron chi connectivity index (χ3n) is 9.12. The Bertz CT molecular complexity index is 1950. The largest absolute Gasteiger partial charge is 0.483 e. The van der Waals surface area contributed by atoms with Gasteiger partial charge in [-0.05, 0) is 81.3 Å². The first-order valence-electron chi connectivity index (χ1n) is 16.4. The van der Waals surface area contributed by atoms with E-state index in [2.05, 4.69) is 59.4 Å². The lowest BCUT2D eigenvalue weighted by Crippen LogP contribution is -2.35. The molecule has 2 aliphatic heterocycles. The first kappa shape index (κ1) is 34.4. The summed E-state index contributed by atoms with van der Waals surface area (Å²) in [5.41, 5.74) is 8.00. The van der Waals surface area contributed by atoms with E-state index in [0.717, 1.165) is 80.6 Å². The number of amides is 1. The van der Waals surface area contributed by atoms with Crippen molar-refractivity contribution in [2.45, 2.75) is 46.3 Å². The van der Waals surface area contributed by atoms with Gasteiger partial charge in [0, 0.05) is 40.3 Å². The van der Waals surface area contributed by atoms with Crippen LogP contribution in [0.15, 0.2) is 60.9 Å². The number of nitrogens with one attached hydrogen (secondary N) is 1. The zero-order valence-corrected chi connectivity index (χ0v) is 29.5. The average Bonchev–Trinajstić information content (AvgIpc) is 3.84. The molecule has 3 aromatic heterocycles. The minimum absolute atomic E-state index is 0.147. The molecule has 12 heteroatoms. The molecule has 1 amide bonds. The SMILES string of the molecule is CCN(C)CC(=O)N1Cc2nc(-c3cccc(-c4cccc(Nc5nccc6cc(CN7CCCC7)cnc56)c4Cl)c3C)sc2C1.O=CO. The Labute approximate surface area is 295 Å². The molecule has 5 heterocycles. The van der Waals surface area contributed by atoms with E-state index in [-0.39, 0.29) is 12.4 Å². The summed E-state index contributed by atoms with van der Waals surface area (Å²) in [4.78, 5) is 43.1. The molecular weight excluding hydrogens is 658 g/mol. The molecule has 0 saturated carbocycles. The van der Waals surface area contributed by atoms with Crippen LogP contribution in [0.4, 0.5) is 11.5 Å². The Morgan fingerprint density at radius 3 is 2.57 bits per heavy atom. The second kappa shape index (κ2) is 15.4. The van der Waals surface area contributed by atoms with Gasteiger partial charge >= 0.3 is 0 Å². The Kier molecular flexibility index (Phi) is 10.8. The second-order valence-electron chi connectivity index (χ2n) is 12.4. The summed E-state index contributed by atoms with van der Waals surface area (Å²) in [5, 5.41) is 13.0. The van der Waals surface area contributed by atoms with Gasteiger partial charge in [0.25, 0.3) is 6.47 Å². The van der Waals surface area contributed by atoms with E-state index in [9.17, 15) is 4.79 Å². The van der Waals surface area contributed by atoms with Gasteiger partial charge in [-0.1, -0.05) is 48.9 Å². The summed E-state index contributed by atoms with van der Waals surface area (Å²) in [6.07, 6.45) is 6.33. The van der Waals surface area contributed by atoms with E-state index >= 15 is 0 Å². The Morgan fingerprint density at radius 2 is 1.82 bits per heavy atom. The highest BCUT2D eigenvalue weighted by molar-refractivity contribution is 7.15. The molecule has 2 aromatic carbocycles. The number of likely N-dealkylation sites (tertiary alicyclic amines) is 1. The summed E-state index contributed by atoms with van der Waals surface area (Å²) in [6, 6.07) is 16.6. The maximum atomic E-state index is 12.7. The molecule has 0 bridgehead atoms. The highest BCUT2D eigenvalue weighted by Gasteiger charge is 2.28. The number of anilines is 2. The van der Waals surface area contributed by atoms with Crippen LogP contribution in [0.25, 0.3) is 32.6 Å². The van der Waals surface area contributed by atoms with Crippen molar-refractivity contribution in [3.63, 3.8) is 0 Å². The predicted molar refractivity (Wildman–Crippen MR) is 196 cm³/mol. The highest BCUT2D eigenvalue weighted by Crippen LogP contribution is 2.41. The molecule has 5 aromatic rings. The van der Waals surface area contributed by atoms with Crippen molar-refractivity contribution < 1.29 is 14.7 Å². The summed E-state index contributed by atoms with van der Waals surface area (Å²) < 4.78 is 0. The number of benzene rings is 2. The molecule has 0 aliphatic carbocycles. The zero-order chi connectivity index (χ0) is 34.5. The number of likely N-dealkylation sites (N-methyl/N-ethyl adjacent to an activating group) is 1. The molecular formula is C37H40ClN7O3S. The lowest BCUT2D eigenvalue weighted by Gasteiger charge is -2.20. The topological polar surface area (TPSA) is 115 Å². The van der Waals surface area contributed by atoms with Crippen molar-refractivity contribution in [2.75, 3.05) is 38.5 Å². The predicted octanol–water partition coefficient (Wildman–Crippen LogP) is 7.22. The number of halogens is 1. The smallest absolute Gasteiger partial charge is 0.290 e. The van der Waals surface area contributed by atoms with Crippen LogP contribution in [0, 0.1) is 6.92 Å². The van der Waals surface area contributed by atoms with Crippen molar-refractivity contribution in [1.29, 1.82) is 0 Å². The number of nitrogens with zero attached hydrogens (tertiary/aromatic N) is 6. The summed E-state index contributed by atoms with van der Waals surface area (Å²) in [6.45, 7) is 9.64. The molecule has 2 N–H and O–H groups in total. The van der Waals surface area contributed by atoms with E-state index < -0.39 is 0 Å². The van der Waals surface area contributed by atoms with Crippen LogP contribution < -0.4 is 5.32 Å². The number of carboxylic acid groups (broad SMARTS) is 1. The Hall–Kier alpha value is -4.42. The van der Waals surface area contributed by atoms with Gasteiger partial charge in [-0.3, -0.25) is 24.4 Å². The van der Waals surface area contributed by atoms with Crippen molar-refractivity contribution in [1.82, 2.24) is 29.7 Å². The normalized spacial score (nSPS) is 14.2. The quantitative estimate of drug-likeness (QED) is 0.154. The van der Waals surface area contributed by atoms with Gasteiger partial charge in [-0.2, -0.15) is 0 Å². The van der Waals surface area contributed by atoms with Crippen LogP contribution in [-0.2, 0) is 29.2 Å². The number of hydrogen-bond donors (Lipinski definition) is 2. The number of rotatable bonds is 9. The fourth-order valence-corrected chi connectivity index (χ4v) is 7.82. The molecule has 0 spiro atoms. The van der Waals surface area contributed by atoms with Crippen molar-refractivity contribution in [2.24, 2.45) is 0 Å². The van der Waals surface area contributed by atoms with Gasteiger partial charge < -0.3 is 15.3 Å². The number of pyridine rings is 2. The monoisotopic (exact) mass is 697 g/mol. The van der Waals surface area contributed by atoms with Gasteiger partial charge in [0.05, 0.1) is 36.0 Å². The van der Waals surface area contributed by atoms with Gasteiger partial charge in [-0.15, -0.1) is 11.3 Å². The van der Waals surface area contributed by atoms with Crippen molar-refractivity contribution in [3.8, 4) is 21.7 Å². The van der Waals surface area contributed by atoms with Crippen LogP contribution in [-0.4, -0.2) is 80.4 Å². The molecule has 0 radical (unpaired) electrons. The van der Waals surface area contributed by atoms with Gasteiger partial charge in [0.1, 0.15) is 10.5 Å². The number of fused-ring (bicyclic) bond motifs is 2. The minimum atomic E-state index is -0.250. The number of aromatic nitrogens is 3. The van der Waals surface area contributed by atoms with E-state index in [1.165, 1.54) is 18.4 Å². The lowest BCUT2D eigenvalue weighted by molar-refractivity contribution is -0.132. The fourth-order valence-electron chi connectivity index (χ4n) is 6.38. The third-order valence-corrected chi connectivity index (χ3v) is 10.6. The van der Waals surface area contributed by atoms with Crippen LogP contribution in [0.5, 0.6) is 0 Å². The lowest BCUT2D eigenvalue weighted by atomic mass is 9.96. The minimum Gasteiger partial charge on any atom is -0.483 e. The second-order valence-corrected chi connectivity index (χ2v) is 13.9. The molecule has 49 heavy (non-hydrogen) atoms. The Morgan fingerprint density at radius 1 is 1.08 bits per heavy atom. The van der Waals surface area contributed by atoms with E-state index in [1.807, 2.05) is 47.4 Å². The van der Waals surface area contributed by atoms with E-state index in [4.69, 9.17) is 31.5 Å². The standard InChI is InChI=1S/C36H38ClN7OS.CH2O2/c1-4-42(3)22-32(45)44-20-30-31(21-44)46-36(41-30)27-10-7-9-26(23(27)2)28-11-8-12-29(33(28)37)40-35-34-25(13-14-38-35)17-24(18-39-34)19-43-15-5-6-16-43;2-1-3/h7-14,17-18H,4-6,15-16,19-22H2,1-3H3,(H,38,40);1H,(H,2,3). The van der Waals surface area contributed by atoms with Crippen LogP contribution in [0.2, 0.25) is 5.02 Å². The maximum Gasteiger partial charge on any atom is 0.290 e. The highest BCUT2D eigenvalue weighted by atomic mass is 35.5. The molecule has 7 rings (SSSR count). The zero-order valence-electron chi connectivity index (χ0n) is 27.9. The van der Waals surface area contributed by atoms with Crippen LogP contribution in [0.1, 0.15) is 41.5 Å². The molecule has 0 atom stereocenters. The summed E-state index contributed by atoms with van der Waals surface area (Å²) >= 11 is 8.79. The third kappa shape index (κ3) is 7.60. The van der Waals surface area contributed by atoms with E-state index in [1.54, 1.807) is 11.3 Å². The van der Waals surface area contributed by atoms with Crippen LogP contribution >= 0.6 is 22.9 Å². The van der Waals surface area contributed by atoms with Crippen molar-refractivity contribution >= 4 is 57.7 Å². The molecule has 1 fully saturated rings. The number of thiazole rings is 1. The number of hydrogen-bond acceptors (Lipinski definition) is 9. The van der Waals surface area contributed by atoms with E-state index in [0.29, 0.717) is 30.5 Å². The Balaban J connectivity index is 0.00000134. The van der Waals surface area contributed by atoms with Gasteiger partial charge in [0.2, 0.25) is 5.91 Å². The molecule has 2 aliphatic rings. The fraction of sp³-hybridized carbons (Fsp3) is 0.324.